The van der Waals surface area contributed by atoms with Crippen molar-refractivity contribution in [2.75, 3.05) is 13.2 Å². The number of nitrogens with one attached hydrogen (secondary N) is 1. The quantitative estimate of drug-likeness (QED) is 0.462. The predicted molar refractivity (Wildman–Crippen MR) is 69.9 cm³/mol. The van der Waals surface area contributed by atoms with Crippen LogP contribution in [-0.2, 0) is 4.74 Å². The van der Waals surface area contributed by atoms with E-state index in [0.29, 0.717) is 23.2 Å². The van der Waals surface area contributed by atoms with Crippen LogP contribution < -0.4 is 11.3 Å². The summed E-state index contributed by atoms with van der Waals surface area (Å²) in [5.41, 5.74) is 3.23. The molecule has 0 aliphatic carbocycles. The van der Waals surface area contributed by atoms with Crippen LogP contribution in [0, 0.1) is 5.82 Å². The molecule has 0 saturated heterocycles. The summed E-state index contributed by atoms with van der Waals surface area (Å²) in [4.78, 5) is 0. The SMILES string of the molecule is CCOCCCC(NN)c1cccc(Br)c1F. The van der Waals surface area contributed by atoms with E-state index in [-0.39, 0.29) is 11.9 Å². The van der Waals surface area contributed by atoms with Crippen LogP contribution >= 0.6 is 15.9 Å². The van der Waals surface area contributed by atoms with Crippen LogP contribution in [0.1, 0.15) is 31.4 Å². The number of hydrazine groups is 1. The van der Waals surface area contributed by atoms with Crippen molar-refractivity contribution in [3.05, 3.63) is 34.1 Å². The molecule has 1 atom stereocenters. The Hall–Kier alpha value is -0.490. The van der Waals surface area contributed by atoms with E-state index < -0.39 is 0 Å². The van der Waals surface area contributed by atoms with Crippen LogP contribution in [0.2, 0.25) is 0 Å². The summed E-state index contributed by atoms with van der Waals surface area (Å²) in [6.07, 6.45) is 1.58. The summed E-state index contributed by atoms with van der Waals surface area (Å²) in [5.74, 6) is 5.21. The third kappa shape index (κ3) is 4.35. The lowest BCUT2D eigenvalue weighted by Gasteiger charge is -2.17. The number of rotatable bonds is 7. The molecule has 0 aliphatic rings. The third-order valence-electron chi connectivity index (χ3n) is 2.54. The molecule has 0 spiro atoms. The fourth-order valence-corrected chi connectivity index (χ4v) is 2.03. The number of nitrogens with two attached hydrogens (primary N) is 1. The van der Waals surface area contributed by atoms with Crippen LogP contribution in [0.5, 0.6) is 0 Å². The Kier molecular flexibility index (Phi) is 6.65. The number of hydrogen-bond acceptors (Lipinski definition) is 3. The van der Waals surface area contributed by atoms with Gasteiger partial charge in [-0.25, -0.2) is 4.39 Å². The first kappa shape index (κ1) is 14.6. The van der Waals surface area contributed by atoms with Gasteiger partial charge in [0, 0.05) is 24.8 Å². The maximum Gasteiger partial charge on any atom is 0.142 e. The highest BCUT2D eigenvalue weighted by atomic mass is 79.9. The van der Waals surface area contributed by atoms with Gasteiger partial charge in [-0.1, -0.05) is 12.1 Å². The average Bonchev–Trinajstić information content (AvgIpc) is 2.34. The van der Waals surface area contributed by atoms with Crippen LogP contribution in [0.4, 0.5) is 4.39 Å². The molecule has 0 radical (unpaired) electrons. The Balaban J connectivity index is 2.63. The van der Waals surface area contributed by atoms with Crippen molar-refractivity contribution in [2.45, 2.75) is 25.8 Å². The fourth-order valence-electron chi connectivity index (χ4n) is 1.65. The van der Waals surface area contributed by atoms with Gasteiger partial charge in [0.2, 0.25) is 0 Å². The number of benzene rings is 1. The fraction of sp³-hybridized carbons (Fsp3) is 0.500. The van der Waals surface area contributed by atoms with Crippen molar-refractivity contribution in [3.8, 4) is 0 Å². The lowest BCUT2D eigenvalue weighted by Crippen LogP contribution is -2.29. The Morgan fingerprint density at radius 1 is 1.53 bits per heavy atom. The molecule has 0 heterocycles. The van der Waals surface area contributed by atoms with Crippen molar-refractivity contribution < 1.29 is 9.13 Å². The molecule has 3 N–H and O–H groups in total. The van der Waals surface area contributed by atoms with Crippen LogP contribution in [0.15, 0.2) is 22.7 Å². The number of hydrogen-bond donors (Lipinski definition) is 2. The van der Waals surface area contributed by atoms with Crippen molar-refractivity contribution in [1.29, 1.82) is 0 Å². The lowest BCUT2D eigenvalue weighted by molar-refractivity contribution is 0.140. The van der Waals surface area contributed by atoms with E-state index >= 15 is 0 Å². The summed E-state index contributed by atoms with van der Waals surface area (Å²) in [6.45, 7) is 3.32. The van der Waals surface area contributed by atoms with Gasteiger partial charge in [-0.2, -0.15) is 0 Å². The van der Waals surface area contributed by atoms with Crippen molar-refractivity contribution in [3.63, 3.8) is 0 Å². The van der Waals surface area contributed by atoms with Crippen molar-refractivity contribution >= 4 is 15.9 Å². The predicted octanol–water partition coefficient (Wildman–Crippen LogP) is 2.91. The highest BCUT2D eigenvalue weighted by Crippen LogP contribution is 2.25. The normalized spacial score (nSPS) is 12.7. The van der Waals surface area contributed by atoms with E-state index in [1.807, 2.05) is 6.92 Å². The Labute approximate surface area is 110 Å². The molecular weight excluding hydrogens is 287 g/mol. The standard InChI is InChI=1S/C12H18BrFN2O/c1-2-17-8-4-7-11(16-15)9-5-3-6-10(13)12(9)14/h3,5-6,11,16H,2,4,7-8,15H2,1H3. The summed E-state index contributed by atoms with van der Waals surface area (Å²) < 4.78 is 19.5. The molecule has 0 aliphatic heterocycles. The summed E-state index contributed by atoms with van der Waals surface area (Å²) in [6, 6.07) is 5.03. The second-order valence-corrected chi connectivity index (χ2v) is 4.56. The molecule has 0 saturated carbocycles. The number of halogens is 2. The summed E-state index contributed by atoms with van der Waals surface area (Å²) >= 11 is 3.17. The van der Waals surface area contributed by atoms with Crippen molar-refractivity contribution in [1.82, 2.24) is 5.43 Å². The van der Waals surface area contributed by atoms with E-state index in [4.69, 9.17) is 10.6 Å². The Morgan fingerprint density at radius 2 is 2.29 bits per heavy atom. The zero-order valence-corrected chi connectivity index (χ0v) is 11.5. The molecule has 0 aromatic heterocycles. The summed E-state index contributed by atoms with van der Waals surface area (Å²) in [5, 5.41) is 0. The van der Waals surface area contributed by atoms with Crippen LogP contribution in [0.25, 0.3) is 0 Å². The molecule has 0 fully saturated rings. The second-order valence-electron chi connectivity index (χ2n) is 3.70. The lowest BCUT2D eigenvalue weighted by atomic mass is 10.0. The van der Waals surface area contributed by atoms with Gasteiger partial charge < -0.3 is 4.74 Å². The minimum Gasteiger partial charge on any atom is -0.382 e. The molecule has 96 valence electrons. The Morgan fingerprint density at radius 3 is 2.94 bits per heavy atom. The second kappa shape index (κ2) is 7.76. The van der Waals surface area contributed by atoms with Crippen molar-refractivity contribution in [2.24, 2.45) is 5.84 Å². The minimum absolute atomic E-state index is 0.187. The van der Waals surface area contributed by atoms with Gasteiger partial charge in [0.15, 0.2) is 0 Å². The molecule has 3 nitrogen and oxygen atoms in total. The number of ether oxygens (including phenoxy) is 1. The maximum atomic E-state index is 13.8. The van der Waals surface area contributed by atoms with E-state index in [2.05, 4.69) is 21.4 Å². The largest absolute Gasteiger partial charge is 0.382 e. The Bertz CT molecular complexity index is 349. The zero-order valence-electron chi connectivity index (χ0n) is 9.88. The zero-order chi connectivity index (χ0) is 12.7. The van der Waals surface area contributed by atoms with E-state index in [9.17, 15) is 4.39 Å². The van der Waals surface area contributed by atoms with Gasteiger partial charge in [0.05, 0.1) is 4.47 Å². The minimum atomic E-state index is -0.258. The molecule has 0 amide bonds. The maximum absolute atomic E-state index is 13.8. The molecule has 1 unspecified atom stereocenters. The summed E-state index contributed by atoms with van der Waals surface area (Å²) in [7, 11) is 0. The molecular formula is C12H18BrFN2O. The molecule has 1 rings (SSSR count). The highest BCUT2D eigenvalue weighted by molar-refractivity contribution is 9.10. The molecule has 1 aromatic carbocycles. The van der Waals surface area contributed by atoms with Gasteiger partial charge in [-0.05, 0) is 41.8 Å². The van der Waals surface area contributed by atoms with Crippen LogP contribution in [0.3, 0.4) is 0 Å². The van der Waals surface area contributed by atoms with Gasteiger partial charge in [-0.3, -0.25) is 11.3 Å². The first-order chi connectivity index (χ1) is 8.20. The van der Waals surface area contributed by atoms with E-state index in [0.717, 1.165) is 12.8 Å². The topological polar surface area (TPSA) is 47.3 Å². The first-order valence-corrected chi connectivity index (χ1v) is 6.47. The third-order valence-corrected chi connectivity index (χ3v) is 3.16. The van der Waals surface area contributed by atoms with E-state index in [1.165, 1.54) is 0 Å². The monoisotopic (exact) mass is 304 g/mol. The van der Waals surface area contributed by atoms with Gasteiger partial charge in [-0.15, -0.1) is 0 Å². The highest BCUT2D eigenvalue weighted by Gasteiger charge is 2.15. The molecule has 1 aromatic rings. The molecule has 17 heavy (non-hydrogen) atoms. The van der Waals surface area contributed by atoms with Crippen LogP contribution in [-0.4, -0.2) is 13.2 Å². The van der Waals surface area contributed by atoms with E-state index in [1.54, 1.807) is 18.2 Å². The smallest absolute Gasteiger partial charge is 0.142 e. The molecule has 0 bridgehead atoms. The van der Waals surface area contributed by atoms with Gasteiger partial charge in [0.1, 0.15) is 5.82 Å². The average molecular weight is 305 g/mol. The molecule has 5 heteroatoms. The van der Waals surface area contributed by atoms with Gasteiger partial charge in [0.25, 0.3) is 0 Å². The first-order valence-electron chi connectivity index (χ1n) is 5.68. The van der Waals surface area contributed by atoms with Gasteiger partial charge >= 0.3 is 0 Å².